The molecule has 0 saturated carbocycles. The van der Waals surface area contributed by atoms with Crippen molar-refractivity contribution >= 4 is 12.2 Å². The van der Waals surface area contributed by atoms with Gasteiger partial charge in [-0.05, 0) is 19.8 Å². The van der Waals surface area contributed by atoms with Gasteiger partial charge in [0.2, 0.25) is 6.41 Å². The molecule has 0 aromatic heterocycles. The van der Waals surface area contributed by atoms with Crippen LogP contribution < -0.4 is 11.1 Å². The Morgan fingerprint density at radius 1 is 1.67 bits per heavy atom. The first-order valence-electron chi connectivity index (χ1n) is 4.19. The Bertz CT molecular complexity index is 147. The first-order chi connectivity index (χ1) is 5.66. The number of rotatable bonds is 7. The molecule has 70 valence electrons. The van der Waals surface area contributed by atoms with Gasteiger partial charge in [-0.15, -0.1) is 0 Å². The molecule has 1 unspecified atom stereocenters. The maximum absolute atomic E-state index is 9.99. The predicted molar refractivity (Wildman–Crippen MR) is 49.0 cm³/mol. The Balaban J connectivity index is 3.18. The van der Waals surface area contributed by atoms with Gasteiger partial charge in [-0.25, -0.2) is 0 Å². The second kappa shape index (κ2) is 6.64. The SMILES string of the molecule is CC(CCCCC(=N)N)NC=O. The van der Waals surface area contributed by atoms with E-state index in [-0.39, 0.29) is 11.9 Å². The van der Waals surface area contributed by atoms with Gasteiger partial charge in [0.25, 0.3) is 0 Å². The summed E-state index contributed by atoms with van der Waals surface area (Å²) >= 11 is 0. The molecule has 4 heteroatoms. The number of amides is 1. The van der Waals surface area contributed by atoms with E-state index in [1.807, 2.05) is 6.92 Å². The van der Waals surface area contributed by atoms with Gasteiger partial charge in [0.15, 0.2) is 0 Å². The van der Waals surface area contributed by atoms with E-state index in [9.17, 15) is 4.79 Å². The lowest BCUT2D eigenvalue weighted by Gasteiger charge is -2.08. The van der Waals surface area contributed by atoms with Gasteiger partial charge in [0, 0.05) is 12.5 Å². The molecule has 0 radical (unpaired) electrons. The second-order valence-electron chi connectivity index (χ2n) is 2.96. The molecule has 0 spiro atoms. The van der Waals surface area contributed by atoms with Gasteiger partial charge in [-0.2, -0.15) is 0 Å². The Hall–Kier alpha value is -1.06. The van der Waals surface area contributed by atoms with E-state index in [4.69, 9.17) is 11.1 Å². The summed E-state index contributed by atoms with van der Waals surface area (Å²) in [5.74, 6) is 0.242. The molecule has 0 aromatic carbocycles. The van der Waals surface area contributed by atoms with Crippen molar-refractivity contribution in [2.75, 3.05) is 0 Å². The van der Waals surface area contributed by atoms with Crippen LogP contribution in [0.5, 0.6) is 0 Å². The molecule has 4 nitrogen and oxygen atoms in total. The topological polar surface area (TPSA) is 79.0 Å². The van der Waals surface area contributed by atoms with Gasteiger partial charge in [0.1, 0.15) is 0 Å². The van der Waals surface area contributed by atoms with E-state index < -0.39 is 0 Å². The fraction of sp³-hybridized carbons (Fsp3) is 0.750. The monoisotopic (exact) mass is 171 g/mol. The number of unbranched alkanes of at least 4 members (excludes halogenated alkanes) is 1. The van der Waals surface area contributed by atoms with Crippen LogP contribution >= 0.6 is 0 Å². The highest BCUT2D eigenvalue weighted by atomic mass is 16.1. The smallest absolute Gasteiger partial charge is 0.207 e. The van der Waals surface area contributed by atoms with Crippen LogP contribution in [0, 0.1) is 5.41 Å². The van der Waals surface area contributed by atoms with Gasteiger partial charge in [-0.1, -0.05) is 6.42 Å². The molecule has 0 bridgehead atoms. The normalized spacial score (nSPS) is 12.1. The van der Waals surface area contributed by atoms with Crippen LogP contribution in [0.3, 0.4) is 0 Å². The number of amidine groups is 1. The summed E-state index contributed by atoms with van der Waals surface area (Å²) in [6.07, 6.45) is 4.26. The third kappa shape index (κ3) is 7.05. The Labute approximate surface area is 73.0 Å². The number of nitrogens with one attached hydrogen (secondary N) is 2. The average molecular weight is 171 g/mol. The van der Waals surface area contributed by atoms with Crippen molar-refractivity contribution < 1.29 is 4.79 Å². The summed E-state index contributed by atoms with van der Waals surface area (Å²) < 4.78 is 0. The minimum atomic E-state index is 0.231. The molecule has 1 amide bonds. The zero-order valence-corrected chi connectivity index (χ0v) is 7.47. The zero-order chi connectivity index (χ0) is 9.40. The number of carbonyl (C=O) groups is 1. The maximum atomic E-state index is 9.99. The molecule has 0 aliphatic heterocycles. The minimum Gasteiger partial charge on any atom is -0.388 e. The van der Waals surface area contributed by atoms with E-state index in [0.29, 0.717) is 6.42 Å². The molecule has 0 aromatic rings. The molecule has 0 rings (SSSR count). The predicted octanol–water partition coefficient (Wildman–Crippen LogP) is 0.617. The number of nitrogens with two attached hydrogens (primary N) is 1. The summed E-state index contributed by atoms with van der Waals surface area (Å²) in [6, 6.07) is 0.231. The first kappa shape index (κ1) is 10.9. The Morgan fingerprint density at radius 2 is 2.33 bits per heavy atom. The third-order valence-electron chi connectivity index (χ3n) is 1.69. The quantitative estimate of drug-likeness (QED) is 0.227. The lowest BCUT2D eigenvalue weighted by atomic mass is 10.1. The van der Waals surface area contributed by atoms with Crippen LogP contribution in [-0.4, -0.2) is 18.3 Å². The van der Waals surface area contributed by atoms with Crippen molar-refractivity contribution in [2.45, 2.75) is 38.6 Å². The highest BCUT2D eigenvalue weighted by Crippen LogP contribution is 2.02. The summed E-state index contributed by atoms with van der Waals surface area (Å²) in [4.78, 5) is 9.99. The molecule has 0 fully saturated rings. The standard InChI is InChI=1S/C8H17N3O/c1-7(11-6-12)4-2-3-5-8(9)10/h6-7H,2-5H2,1H3,(H3,9,10)(H,11,12). The minimum absolute atomic E-state index is 0.231. The van der Waals surface area contributed by atoms with Crippen molar-refractivity contribution in [2.24, 2.45) is 5.73 Å². The first-order valence-corrected chi connectivity index (χ1v) is 4.19. The van der Waals surface area contributed by atoms with Crippen molar-refractivity contribution in [1.82, 2.24) is 5.32 Å². The van der Waals surface area contributed by atoms with E-state index in [1.54, 1.807) is 0 Å². The van der Waals surface area contributed by atoms with Gasteiger partial charge >= 0.3 is 0 Å². The molecule has 12 heavy (non-hydrogen) atoms. The van der Waals surface area contributed by atoms with Crippen molar-refractivity contribution in [1.29, 1.82) is 5.41 Å². The van der Waals surface area contributed by atoms with E-state index in [1.165, 1.54) is 0 Å². The van der Waals surface area contributed by atoms with Crippen molar-refractivity contribution in [3.8, 4) is 0 Å². The molecule has 0 aliphatic rings. The van der Waals surface area contributed by atoms with Crippen molar-refractivity contribution in [3.63, 3.8) is 0 Å². The van der Waals surface area contributed by atoms with Gasteiger partial charge in [-0.3, -0.25) is 10.2 Å². The van der Waals surface area contributed by atoms with E-state index in [2.05, 4.69) is 5.32 Å². The van der Waals surface area contributed by atoms with Crippen LogP contribution in [0.2, 0.25) is 0 Å². The van der Waals surface area contributed by atoms with E-state index in [0.717, 1.165) is 25.7 Å². The van der Waals surface area contributed by atoms with Crippen LogP contribution in [0.25, 0.3) is 0 Å². The van der Waals surface area contributed by atoms with Crippen LogP contribution in [0.4, 0.5) is 0 Å². The fourth-order valence-electron chi connectivity index (χ4n) is 0.965. The molecule has 0 heterocycles. The molecular formula is C8H17N3O. The maximum Gasteiger partial charge on any atom is 0.207 e. The highest BCUT2D eigenvalue weighted by Gasteiger charge is 1.98. The lowest BCUT2D eigenvalue weighted by molar-refractivity contribution is -0.110. The Morgan fingerprint density at radius 3 is 2.83 bits per heavy atom. The molecule has 0 aliphatic carbocycles. The van der Waals surface area contributed by atoms with Crippen LogP contribution in [-0.2, 0) is 4.79 Å². The number of hydrogen-bond donors (Lipinski definition) is 3. The van der Waals surface area contributed by atoms with Gasteiger partial charge < -0.3 is 11.1 Å². The highest BCUT2D eigenvalue weighted by molar-refractivity contribution is 5.76. The van der Waals surface area contributed by atoms with Crippen molar-refractivity contribution in [3.05, 3.63) is 0 Å². The van der Waals surface area contributed by atoms with Crippen LogP contribution in [0.15, 0.2) is 0 Å². The number of carbonyl (C=O) groups excluding carboxylic acids is 1. The summed E-state index contributed by atoms with van der Waals surface area (Å²) in [7, 11) is 0. The van der Waals surface area contributed by atoms with E-state index >= 15 is 0 Å². The number of hydrogen-bond acceptors (Lipinski definition) is 2. The summed E-state index contributed by atoms with van der Waals surface area (Å²) in [5.41, 5.74) is 5.18. The largest absolute Gasteiger partial charge is 0.388 e. The lowest BCUT2D eigenvalue weighted by Crippen LogP contribution is -2.24. The molecule has 4 N–H and O–H groups in total. The average Bonchev–Trinajstić information content (AvgIpc) is 1.98. The summed E-state index contributed by atoms with van der Waals surface area (Å²) in [5, 5.41) is 9.64. The molecule has 0 saturated heterocycles. The summed E-state index contributed by atoms with van der Waals surface area (Å²) in [6.45, 7) is 1.96. The molecule has 1 atom stereocenters. The third-order valence-corrected chi connectivity index (χ3v) is 1.69. The Kier molecular flexibility index (Phi) is 6.05. The fourth-order valence-corrected chi connectivity index (χ4v) is 0.965. The second-order valence-corrected chi connectivity index (χ2v) is 2.96. The molecular weight excluding hydrogens is 154 g/mol. The van der Waals surface area contributed by atoms with Crippen LogP contribution in [0.1, 0.15) is 32.6 Å². The van der Waals surface area contributed by atoms with Gasteiger partial charge in [0.05, 0.1) is 5.84 Å². The zero-order valence-electron chi connectivity index (χ0n) is 7.47.